The van der Waals surface area contributed by atoms with E-state index in [4.69, 9.17) is 40.2 Å². The van der Waals surface area contributed by atoms with Gasteiger partial charge in [0.25, 0.3) is 5.91 Å². The SMILES string of the molecule is C=CCN1C(=O)C(=CC2=Cc3cc(Cl)cc(Cl)c3OC2)SC1=S. The van der Waals surface area contributed by atoms with E-state index < -0.39 is 0 Å². The highest BCUT2D eigenvalue weighted by atomic mass is 35.5. The number of fused-ring (bicyclic) bond motifs is 1. The maximum atomic E-state index is 12.3. The zero-order valence-corrected chi connectivity index (χ0v) is 15.0. The van der Waals surface area contributed by atoms with E-state index in [1.54, 1.807) is 24.3 Å². The van der Waals surface area contributed by atoms with Gasteiger partial charge in [-0.2, -0.15) is 0 Å². The van der Waals surface area contributed by atoms with Crippen LogP contribution in [-0.4, -0.2) is 28.3 Å². The molecule has 0 aliphatic carbocycles. The number of carbonyl (C=O) groups excluding carboxylic acids is 1. The predicted octanol–water partition coefficient (Wildman–Crippen LogP) is 4.70. The first-order valence-electron chi connectivity index (χ1n) is 6.68. The maximum Gasteiger partial charge on any atom is 0.266 e. The zero-order chi connectivity index (χ0) is 16.6. The number of thiocarbonyl (C=S) groups is 1. The Kier molecular flexibility index (Phi) is 4.82. The van der Waals surface area contributed by atoms with Gasteiger partial charge in [0.05, 0.1) is 9.93 Å². The van der Waals surface area contributed by atoms with Gasteiger partial charge in [-0.15, -0.1) is 6.58 Å². The van der Waals surface area contributed by atoms with Crippen LogP contribution in [0.3, 0.4) is 0 Å². The number of rotatable bonds is 3. The third kappa shape index (κ3) is 3.33. The molecular weight excluding hydrogens is 373 g/mol. The fraction of sp³-hybridized carbons (Fsp3) is 0.125. The summed E-state index contributed by atoms with van der Waals surface area (Å²) >= 11 is 18.6. The van der Waals surface area contributed by atoms with Crippen LogP contribution in [0.1, 0.15) is 5.56 Å². The van der Waals surface area contributed by atoms with Gasteiger partial charge in [0.1, 0.15) is 16.7 Å². The molecule has 0 radical (unpaired) electrons. The Morgan fingerprint density at radius 3 is 2.96 bits per heavy atom. The van der Waals surface area contributed by atoms with Crippen LogP contribution < -0.4 is 4.74 Å². The molecule has 2 heterocycles. The monoisotopic (exact) mass is 383 g/mol. The van der Waals surface area contributed by atoms with Crippen LogP contribution in [0.25, 0.3) is 6.08 Å². The normalized spacial score (nSPS) is 18.8. The van der Waals surface area contributed by atoms with Crippen molar-refractivity contribution in [2.75, 3.05) is 13.2 Å². The van der Waals surface area contributed by atoms with E-state index in [1.165, 1.54) is 16.7 Å². The summed E-state index contributed by atoms with van der Waals surface area (Å²) in [7, 11) is 0. The first-order chi connectivity index (χ1) is 11.0. The van der Waals surface area contributed by atoms with Crippen molar-refractivity contribution >= 4 is 63.5 Å². The van der Waals surface area contributed by atoms with Crippen LogP contribution in [0.15, 0.2) is 41.3 Å². The molecule has 23 heavy (non-hydrogen) atoms. The van der Waals surface area contributed by atoms with Crippen LogP contribution in [0.5, 0.6) is 5.75 Å². The smallest absolute Gasteiger partial charge is 0.266 e. The Morgan fingerprint density at radius 1 is 1.43 bits per heavy atom. The number of hydrogen-bond donors (Lipinski definition) is 0. The second kappa shape index (κ2) is 6.69. The lowest BCUT2D eigenvalue weighted by molar-refractivity contribution is -0.121. The lowest BCUT2D eigenvalue weighted by Gasteiger charge is -2.18. The molecular formula is C16H11Cl2NO2S2. The standard InChI is InChI=1S/C16H11Cl2NO2S2/c1-2-3-19-15(20)13(23-16(19)22)5-9-4-10-6-11(17)7-12(18)14(10)21-8-9/h2,4-7H,1,3,8H2. The third-order valence-electron chi connectivity index (χ3n) is 3.26. The van der Waals surface area contributed by atoms with Crippen LogP contribution in [-0.2, 0) is 4.79 Å². The Hall–Kier alpha value is -1.27. The number of hydrogen-bond acceptors (Lipinski definition) is 4. The lowest BCUT2D eigenvalue weighted by Crippen LogP contribution is -2.27. The Bertz CT molecular complexity index is 787. The van der Waals surface area contributed by atoms with Crippen molar-refractivity contribution in [1.29, 1.82) is 0 Å². The molecule has 1 fully saturated rings. The topological polar surface area (TPSA) is 29.5 Å². The molecule has 1 amide bonds. The summed E-state index contributed by atoms with van der Waals surface area (Å²) in [5, 5.41) is 1.01. The van der Waals surface area contributed by atoms with Crippen molar-refractivity contribution in [1.82, 2.24) is 4.90 Å². The van der Waals surface area contributed by atoms with Gasteiger partial charge in [0.2, 0.25) is 0 Å². The molecule has 1 saturated heterocycles. The molecule has 0 atom stereocenters. The minimum Gasteiger partial charge on any atom is -0.487 e. The largest absolute Gasteiger partial charge is 0.487 e. The molecule has 3 nitrogen and oxygen atoms in total. The number of benzene rings is 1. The maximum absolute atomic E-state index is 12.3. The number of nitrogens with zero attached hydrogens (tertiary/aromatic N) is 1. The van der Waals surface area contributed by atoms with Crippen LogP contribution in [0, 0.1) is 0 Å². The van der Waals surface area contributed by atoms with E-state index in [0.717, 1.165) is 11.1 Å². The second-order valence-electron chi connectivity index (χ2n) is 4.89. The Labute approximate surface area is 153 Å². The van der Waals surface area contributed by atoms with Crippen LogP contribution >= 0.6 is 47.2 Å². The highest BCUT2D eigenvalue weighted by molar-refractivity contribution is 8.26. The molecule has 0 bridgehead atoms. The van der Waals surface area contributed by atoms with Gasteiger partial charge in [0, 0.05) is 17.1 Å². The van der Waals surface area contributed by atoms with Gasteiger partial charge in [-0.05, 0) is 29.9 Å². The lowest BCUT2D eigenvalue weighted by atomic mass is 10.1. The highest BCUT2D eigenvalue weighted by Crippen LogP contribution is 2.38. The molecule has 0 unspecified atom stereocenters. The predicted molar refractivity (Wildman–Crippen MR) is 100 cm³/mol. The first kappa shape index (κ1) is 16.6. The van der Waals surface area contributed by atoms with Crippen molar-refractivity contribution in [3.8, 4) is 5.75 Å². The average Bonchev–Trinajstić information content (AvgIpc) is 2.75. The van der Waals surface area contributed by atoms with Crippen LogP contribution in [0.2, 0.25) is 10.0 Å². The summed E-state index contributed by atoms with van der Waals surface area (Å²) < 4.78 is 6.21. The van der Waals surface area contributed by atoms with Gasteiger partial charge in [-0.3, -0.25) is 9.69 Å². The molecule has 3 rings (SSSR count). The van der Waals surface area contributed by atoms with Gasteiger partial charge in [-0.25, -0.2) is 0 Å². The first-order valence-corrected chi connectivity index (χ1v) is 8.66. The number of carbonyl (C=O) groups is 1. The van der Waals surface area contributed by atoms with Crippen molar-refractivity contribution < 1.29 is 9.53 Å². The summed E-state index contributed by atoms with van der Waals surface area (Å²) in [6.07, 6.45) is 5.35. The number of ether oxygens (including phenoxy) is 1. The van der Waals surface area contributed by atoms with E-state index in [1.807, 2.05) is 6.08 Å². The second-order valence-corrected chi connectivity index (χ2v) is 7.41. The van der Waals surface area contributed by atoms with Gasteiger partial charge < -0.3 is 4.74 Å². The van der Waals surface area contributed by atoms with E-state index in [-0.39, 0.29) is 5.91 Å². The zero-order valence-electron chi connectivity index (χ0n) is 11.8. The summed E-state index contributed by atoms with van der Waals surface area (Å²) in [6, 6.07) is 3.42. The molecule has 7 heteroatoms. The Balaban J connectivity index is 1.92. The summed E-state index contributed by atoms with van der Waals surface area (Å²) in [6.45, 7) is 4.38. The molecule has 1 aromatic carbocycles. The van der Waals surface area contributed by atoms with Crippen molar-refractivity contribution in [2.24, 2.45) is 0 Å². The quantitative estimate of drug-likeness (QED) is 0.429. The molecule has 0 aromatic heterocycles. The van der Waals surface area contributed by atoms with Gasteiger partial charge >= 0.3 is 0 Å². The fourth-order valence-corrected chi connectivity index (χ4v) is 4.13. The minimum atomic E-state index is -0.115. The molecule has 1 aromatic rings. The molecule has 2 aliphatic rings. The Morgan fingerprint density at radius 2 is 2.22 bits per heavy atom. The summed E-state index contributed by atoms with van der Waals surface area (Å²) in [5.74, 6) is 0.489. The number of thioether (sulfide) groups is 1. The highest BCUT2D eigenvalue weighted by Gasteiger charge is 2.31. The number of halogens is 2. The van der Waals surface area contributed by atoms with E-state index in [9.17, 15) is 4.79 Å². The van der Waals surface area contributed by atoms with E-state index in [2.05, 4.69) is 6.58 Å². The van der Waals surface area contributed by atoms with Crippen LogP contribution in [0.4, 0.5) is 0 Å². The average molecular weight is 384 g/mol. The fourth-order valence-electron chi connectivity index (χ4n) is 2.27. The third-order valence-corrected chi connectivity index (χ3v) is 5.14. The summed E-state index contributed by atoms with van der Waals surface area (Å²) in [4.78, 5) is 14.4. The molecule has 0 spiro atoms. The minimum absolute atomic E-state index is 0.115. The van der Waals surface area contributed by atoms with Crippen molar-refractivity contribution in [2.45, 2.75) is 0 Å². The molecule has 0 N–H and O–H groups in total. The number of amides is 1. The van der Waals surface area contributed by atoms with Gasteiger partial charge in [-0.1, -0.05) is 53.3 Å². The van der Waals surface area contributed by atoms with E-state index in [0.29, 0.717) is 38.2 Å². The van der Waals surface area contributed by atoms with Crippen molar-refractivity contribution in [3.63, 3.8) is 0 Å². The molecule has 118 valence electrons. The molecule has 0 saturated carbocycles. The van der Waals surface area contributed by atoms with Gasteiger partial charge in [0.15, 0.2) is 0 Å². The van der Waals surface area contributed by atoms with Crippen molar-refractivity contribution in [3.05, 3.63) is 57.0 Å². The van der Waals surface area contributed by atoms with E-state index >= 15 is 0 Å². The molecule has 2 aliphatic heterocycles. The summed E-state index contributed by atoms with van der Waals surface area (Å²) in [5.41, 5.74) is 1.65.